The quantitative estimate of drug-likeness (QED) is 0.690. The highest BCUT2D eigenvalue weighted by atomic mass is 27.0. The fourth-order valence-corrected chi connectivity index (χ4v) is 2.06. The number of aryl methyl sites for hydroxylation is 1. The van der Waals surface area contributed by atoms with Gasteiger partial charge in [0.1, 0.15) is 0 Å². The molecule has 0 fully saturated rings. The van der Waals surface area contributed by atoms with E-state index in [1.165, 1.54) is 6.07 Å². The first-order valence-corrected chi connectivity index (χ1v) is 6.10. The summed E-state index contributed by atoms with van der Waals surface area (Å²) in [6.45, 7) is 1.97. The normalized spacial score (nSPS) is 9.65. The topological polar surface area (TPSA) is 54.4 Å². The van der Waals surface area contributed by atoms with Gasteiger partial charge in [-0.1, -0.05) is 49.4 Å². The van der Waals surface area contributed by atoms with E-state index in [1.54, 1.807) is 30.3 Å². The third kappa shape index (κ3) is 3.16. The lowest BCUT2D eigenvalue weighted by atomic mass is 9.94. The molecular weight excluding hydrogens is 267 g/mol. The van der Waals surface area contributed by atoms with Gasteiger partial charge in [-0.05, 0) is 18.1 Å². The van der Waals surface area contributed by atoms with E-state index in [9.17, 15) is 9.59 Å². The van der Waals surface area contributed by atoms with Crippen molar-refractivity contribution in [3.8, 4) is 0 Å². The maximum Gasteiger partial charge on any atom is 0.336 e. The first-order valence-electron chi connectivity index (χ1n) is 6.10. The summed E-state index contributed by atoms with van der Waals surface area (Å²) in [6, 6.07) is 13.6. The summed E-state index contributed by atoms with van der Waals surface area (Å²) in [7, 11) is 0. The molecule has 0 heterocycles. The van der Waals surface area contributed by atoms with Crippen molar-refractivity contribution in [2.24, 2.45) is 0 Å². The van der Waals surface area contributed by atoms with Crippen LogP contribution in [0.25, 0.3) is 0 Å². The van der Waals surface area contributed by atoms with Gasteiger partial charge < -0.3 is 5.11 Å². The molecule has 0 spiro atoms. The minimum Gasteiger partial charge on any atom is -0.478 e. The van der Waals surface area contributed by atoms with E-state index in [0.29, 0.717) is 5.56 Å². The fourth-order valence-electron chi connectivity index (χ4n) is 2.06. The number of ketones is 1. The SMILES string of the molecule is CCc1ccccc1C(=O)c1ccccc1C(=O)O.[AlH3]. The number of carboxylic acid groups (broad SMARTS) is 1. The number of carbonyl (C=O) groups excluding carboxylic acids is 1. The molecule has 0 saturated heterocycles. The van der Waals surface area contributed by atoms with Crippen LogP contribution in [0.3, 0.4) is 0 Å². The van der Waals surface area contributed by atoms with Crippen LogP contribution in [-0.4, -0.2) is 34.2 Å². The van der Waals surface area contributed by atoms with Gasteiger partial charge in [-0.3, -0.25) is 4.79 Å². The highest BCUT2D eigenvalue weighted by molar-refractivity contribution is 6.14. The zero-order valence-corrected chi connectivity index (χ0v) is 10.6. The summed E-state index contributed by atoms with van der Waals surface area (Å²) in [5.41, 5.74) is 1.76. The second-order valence-corrected chi connectivity index (χ2v) is 4.19. The summed E-state index contributed by atoms with van der Waals surface area (Å²) in [4.78, 5) is 23.6. The average molecular weight is 284 g/mol. The molecule has 2 aromatic rings. The number of hydrogen-bond acceptors (Lipinski definition) is 2. The molecule has 0 aromatic heterocycles. The number of aromatic carboxylic acids is 1. The van der Waals surface area contributed by atoms with Crippen LogP contribution < -0.4 is 0 Å². The Bertz CT molecular complexity index is 635. The molecule has 0 amide bonds. The van der Waals surface area contributed by atoms with Gasteiger partial charge in [-0.2, -0.15) is 0 Å². The maximum atomic E-state index is 12.5. The second-order valence-electron chi connectivity index (χ2n) is 4.19. The van der Waals surface area contributed by atoms with Crippen LogP contribution >= 0.6 is 0 Å². The van der Waals surface area contributed by atoms with E-state index >= 15 is 0 Å². The van der Waals surface area contributed by atoms with Crippen LogP contribution in [0.2, 0.25) is 0 Å². The van der Waals surface area contributed by atoms with Gasteiger partial charge in [-0.15, -0.1) is 0 Å². The molecule has 0 saturated carbocycles. The molecule has 0 aliphatic rings. The highest BCUT2D eigenvalue weighted by Gasteiger charge is 2.18. The summed E-state index contributed by atoms with van der Waals surface area (Å²) in [5.74, 6) is -1.33. The van der Waals surface area contributed by atoms with Crippen LogP contribution in [0.5, 0.6) is 0 Å². The summed E-state index contributed by atoms with van der Waals surface area (Å²) < 4.78 is 0. The molecular formula is C16H17AlO3. The van der Waals surface area contributed by atoms with Crippen molar-refractivity contribution in [1.82, 2.24) is 0 Å². The number of benzene rings is 2. The van der Waals surface area contributed by atoms with E-state index < -0.39 is 5.97 Å². The number of rotatable bonds is 4. The van der Waals surface area contributed by atoms with Crippen LogP contribution in [0.1, 0.15) is 38.8 Å². The predicted octanol–water partition coefficient (Wildman–Crippen LogP) is 1.99. The van der Waals surface area contributed by atoms with Gasteiger partial charge in [0.2, 0.25) is 0 Å². The monoisotopic (exact) mass is 284 g/mol. The lowest BCUT2D eigenvalue weighted by molar-refractivity contribution is 0.0693. The number of carbonyl (C=O) groups is 2. The van der Waals surface area contributed by atoms with Crippen LogP contribution in [-0.2, 0) is 6.42 Å². The van der Waals surface area contributed by atoms with E-state index in [0.717, 1.165) is 12.0 Å². The Labute approximate surface area is 128 Å². The van der Waals surface area contributed by atoms with Gasteiger partial charge in [-0.25, -0.2) is 4.79 Å². The molecule has 0 aliphatic carbocycles. The highest BCUT2D eigenvalue weighted by Crippen LogP contribution is 2.18. The second kappa shape index (κ2) is 7.04. The first-order chi connectivity index (χ1) is 9.15. The van der Waals surface area contributed by atoms with Crippen molar-refractivity contribution in [2.75, 3.05) is 0 Å². The Hall–Kier alpha value is -1.89. The summed E-state index contributed by atoms with van der Waals surface area (Å²) >= 11 is 0. The standard InChI is InChI=1S/C16H14O3.Al.3H/c1-2-11-7-3-4-8-12(11)15(17)13-9-5-6-10-14(13)16(18)19;;;;/h3-10H,2H2,1H3,(H,18,19);;;;. The van der Waals surface area contributed by atoms with Gasteiger partial charge in [0.05, 0.1) is 5.56 Å². The van der Waals surface area contributed by atoms with Crippen LogP contribution in [0.15, 0.2) is 48.5 Å². The van der Waals surface area contributed by atoms with E-state index in [4.69, 9.17) is 5.11 Å². The van der Waals surface area contributed by atoms with Crippen molar-refractivity contribution in [2.45, 2.75) is 13.3 Å². The Balaban J connectivity index is 0.00000200. The van der Waals surface area contributed by atoms with Gasteiger partial charge in [0.25, 0.3) is 0 Å². The molecule has 0 radical (unpaired) electrons. The minimum atomic E-state index is -1.09. The molecule has 2 rings (SSSR count). The largest absolute Gasteiger partial charge is 0.478 e. The predicted molar refractivity (Wildman–Crippen MR) is 82.6 cm³/mol. The summed E-state index contributed by atoms with van der Waals surface area (Å²) in [5, 5.41) is 9.14. The zero-order chi connectivity index (χ0) is 13.8. The zero-order valence-electron chi connectivity index (χ0n) is 10.6. The average Bonchev–Trinajstić information content (AvgIpc) is 2.46. The number of carboxylic acids is 1. The van der Waals surface area contributed by atoms with Crippen molar-refractivity contribution in [3.63, 3.8) is 0 Å². The maximum absolute atomic E-state index is 12.5. The van der Waals surface area contributed by atoms with Crippen molar-refractivity contribution in [3.05, 3.63) is 70.8 Å². The fraction of sp³-hybridized carbons (Fsp3) is 0.125. The molecule has 0 atom stereocenters. The van der Waals surface area contributed by atoms with Gasteiger partial charge in [0, 0.05) is 11.1 Å². The van der Waals surface area contributed by atoms with Gasteiger partial charge in [0.15, 0.2) is 23.1 Å². The lowest BCUT2D eigenvalue weighted by Gasteiger charge is -2.08. The van der Waals surface area contributed by atoms with E-state index in [1.807, 2.05) is 19.1 Å². The van der Waals surface area contributed by atoms with E-state index in [2.05, 4.69) is 0 Å². The molecule has 4 heteroatoms. The van der Waals surface area contributed by atoms with Crippen molar-refractivity contribution in [1.29, 1.82) is 0 Å². The molecule has 20 heavy (non-hydrogen) atoms. The van der Waals surface area contributed by atoms with E-state index in [-0.39, 0.29) is 34.3 Å². The molecule has 0 unspecified atom stereocenters. The first kappa shape index (κ1) is 16.2. The van der Waals surface area contributed by atoms with Gasteiger partial charge >= 0.3 is 5.97 Å². The van der Waals surface area contributed by atoms with Crippen LogP contribution in [0, 0.1) is 0 Å². The third-order valence-electron chi connectivity index (χ3n) is 3.04. The molecule has 3 nitrogen and oxygen atoms in total. The third-order valence-corrected chi connectivity index (χ3v) is 3.04. The number of hydrogen-bond donors (Lipinski definition) is 1. The Morgan fingerprint density at radius 1 is 0.900 bits per heavy atom. The Morgan fingerprint density at radius 2 is 1.40 bits per heavy atom. The van der Waals surface area contributed by atoms with Crippen molar-refractivity contribution < 1.29 is 14.7 Å². The summed E-state index contributed by atoms with van der Waals surface area (Å²) in [6.07, 6.45) is 0.733. The molecule has 0 bridgehead atoms. The molecule has 1 N–H and O–H groups in total. The van der Waals surface area contributed by atoms with Crippen molar-refractivity contribution >= 4 is 29.1 Å². The Morgan fingerprint density at radius 3 is 1.95 bits per heavy atom. The molecule has 0 aliphatic heterocycles. The molecule has 102 valence electrons. The minimum absolute atomic E-state index is 0. The Kier molecular flexibility index (Phi) is 5.69. The lowest BCUT2D eigenvalue weighted by Crippen LogP contribution is -2.11. The smallest absolute Gasteiger partial charge is 0.336 e. The molecule has 2 aromatic carbocycles. The van der Waals surface area contributed by atoms with Crippen LogP contribution in [0.4, 0.5) is 0 Å².